The van der Waals surface area contributed by atoms with Crippen LogP contribution in [-0.2, 0) is 13.5 Å². The Kier molecular flexibility index (Phi) is 2.42. The quantitative estimate of drug-likeness (QED) is 0.713. The number of benzene rings is 1. The van der Waals surface area contributed by atoms with Crippen LogP contribution in [0.15, 0.2) is 24.3 Å². The average Bonchev–Trinajstić information content (AvgIpc) is 2.65. The second-order valence-corrected chi connectivity index (χ2v) is 3.16. The van der Waals surface area contributed by atoms with Gasteiger partial charge in [-0.25, -0.2) is 4.68 Å². The third kappa shape index (κ3) is 1.83. The molecule has 1 aromatic carbocycles. The number of nitriles is 1. The number of hydrogen-bond acceptors (Lipinski definition) is 4. The fourth-order valence-electron chi connectivity index (χ4n) is 1.35. The van der Waals surface area contributed by atoms with Gasteiger partial charge in [-0.1, -0.05) is 18.2 Å². The topological polar surface area (TPSA) is 67.4 Å². The van der Waals surface area contributed by atoms with Crippen LogP contribution in [0.25, 0.3) is 0 Å². The van der Waals surface area contributed by atoms with E-state index in [4.69, 9.17) is 5.26 Å². The Morgan fingerprint density at radius 1 is 1.40 bits per heavy atom. The molecule has 2 aromatic rings. The third-order valence-electron chi connectivity index (χ3n) is 2.19. The number of nitrogens with zero attached hydrogens (tertiary/aromatic N) is 5. The molecule has 0 spiro atoms. The molecule has 0 saturated carbocycles. The Bertz CT molecular complexity index is 509. The van der Waals surface area contributed by atoms with Gasteiger partial charge in [0.15, 0.2) is 5.82 Å². The molecule has 15 heavy (non-hydrogen) atoms. The lowest BCUT2D eigenvalue weighted by atomic mass is 10.1. The van der Waals surface area contributed by atoms with Crippen molar-refractivity contribution in [3.05, 3.63) is 41.2 Å². The first-order valence-corrected chi connectivity index (χ1v) is 4.50. The van der Waals surface area contributed by atoms with Gasteiger partial charge in [-0.05, 0) is 22.1 Å². The summed E-state index contributed by atoms with van der Waals surface area (Å²) in [6, 6.07) is 9.60. The largest absolute Gasteiger partial charge is 0.232 e. The number of aryl methyl sites for hydroxylation is 1. The van der Waals surface area contributed by atoms with E-state index in [1.807, 2.05) is 18.2 Å². The molecule has 2 rings (SSSR count). The van der Waals surface area contributed by atoms with E-state index < -0.39 is 0 Å². The molecule has 0 unspecified atom stereocenters. The van der Waals surface area contributed by atoms with Gasteiger partial charge in [0.2, 0.25) is 0 Å². The zero-order valence-corrected chi connectivity index (χ0v) is 8.25. The molecule has 0 fully saturated rings. The van der Waals surface area contributed by atoms with Gasteiger partial charge in [0.1, 0.15) is 0 Å². The molecule has 0 bridgehead atoms. The standard InChI is InChI=1S/C10H9N5/c1-15-10(12-13-14-15)6-8-4-2-3-5-9(8)7-11/h2-5H,6H2,1H3. The van der Waals surface area contributed by atoms with Crippen LogP contribution in [0.1, 0.15) is 17.0 Å². The molecule has 0 aliphatic carbocycles. The zero-order valence-electron chi connectivity index (χ0n) is 8.25. The molecule has 1 aromatic heterocycles. The number of rotatable bonds is 2. The molecular weight excluding hydrogens is 190 g/mol. The van der Waals surface area contributed by atoms with Gasteiger partial charge >= 0.3 is 0 Å². The minimum Gasteiger partial charge on any atom is -0.232 e. The van der Waals surface area contributed by atoms with Gasteiger partial charge < -0.3 is 0 Å². The first kappa shape index (κ1) is 9.34. The summed E-state index contributed by atoms with van der Waals surface area (Å²) in [6.45, 7) is 0. The van der Waals surface area contributed by atoms with Crippen molar-refractivity contribution in [1.29, 1.82) is 5.26 Å². The Hall–Kier alpha value is -2.22. The maximum atomic E-state index is 8.91. The number of hydrogen-bond donors (Lipinski definition) is 0. The van der Waals surface area contributed by atoms with E-state index in [0.717, 1.165) is 11.4 Å². The van der Waals surface area contributed by atoms with Gasteiger partial charge in [0.05, 0.1) is 11.6 Å². The smallest absolute Gasteiger partial charge is 0.155 e. The molecule has 0 saturated heterocycles. The SMILES string of the molecule is Cn1nnnc1Cc1ccccc1C#N. The van der Waals surface area contributed by atoms with Crippen molar-refractivity contribution in [2.45, 2.75) is 6.42 Å². The summed E-state index contributed by atoms with van der Waals surface area (Å²) in [5, 5.41) is 20.1. The third-order valence-corrected chi connectivity index (χ3v) is 2.19. The predicted molar refractivity (Wildman–Crippen MR) is 52.8 cm³/mol. The summed E-state index contributed by atoms with van der Waals surface area (Å²) in [4.78, 5) is 0. The van der Waals surface area contributed by atoms with E-state index in [0.29, 0.717) is 12.0 Å². The van der Waals surface area contributed by atoms with Crippen LogP contribution in [-0.4, -0.2) is 20.2 Å². The summed E-state index contributed by atoms with van der Waals surface area (Å²) in [5.74, 6) is 0.748. The van der Waals surface area contributed by atoms with Crippen molar-refractivity contribution >= 4 is 0 Å². The molecule has 0 radical (unpaired) electrons. The van der Waals surface area contributed by atoms with Gasteiger partial charge in [-0.15, -0.1) is 5.10 Å². The van der Waals surface area contributed by atoms with Crippen LogP contribution in [0.5, 0.6) is 0 Å². The molecule has 0 N–H and O–H groups in total. The Labute approximate surface area is 87.0 Å². The van der Waals surface area contributed by atoms with E-state index >= 15 is 0 Å². The van der Waals surface area contributed by atoms with Crippen LogP contribution < -0.4 is 0 Å². The summed E-state index contributed by atoms with van der Waals surface area (Å²) in [6.07, 6.45) is 0.577. The van der Waals surface area contributed by atoms with Crippen molar-refractivity contribution < 1.29 is 0 Å². The molecule has 5 heteroatoms. The molecule has 5 nitrogen and oxygen atoms in total. The molecular formula is C10H9N5. The maximum Gasteiger partial charge on any atom is 0.155 e. The summed E-state index contributed by atoms with van der Waals surface area (Å²) in [7, 11) is 1.78. The first-order valence-electron chi connectivity index (χ1n) is 4.50. The van der Waals surface area contributed by atoms with Crippen LogP contribution in [0.4, 0.5) is 0 Å². The second kappa shape index (κ2) is 3.88. The Morgan fingerprint density at radius 3 is 2.87 bits per heavy atom. The van der Waals surface area contributed by atoms with E-state index in [-0.39, 0.29) is 0 Å². The fraction of sp³-hybridized carbons (Fsp3) is 0.200. The van der Waals surface area contributed by atoms with E-state index in [1.165, 1.54) is 0 Å². The highest BCUT2D eigenvalue weighted by Crippen LogP contribution is 2.10. The highest BCUT2D eigenvalue weighted by Gasteiger charge is 2.06. The van der Waals surface area contributed by atoms with Crippen molar-refractivity contribution in [1.82, 2.24) is 20.2 Å². The predicted octanol–water partition coefficient (Wildman–Crippen LogP) is 0.673. The van der Waals surface area contributed by atoms with Gasteiger partial charge in [-0.2, -0.15) is 5.26 Å². The van der Waals surface area contributed by atoms with Crippen LogP contribution >= 0.6 is 0 Å². The summed E-state index contributed by atoms with van der Waals surface area (Å²) < 4.78 is 1.61. The van der Waals surface area contributed by atoms with Crippen molar-refractivity contribution in [3.63, 3.8) is 0 Å². The van der Waals surface area contributed by atoms with E-state index in [9.17, 15) is 0 Å². The lowest BCUT2D eigenvalue weighted by Crippen LogP contribution is -2.01. The molecule has 0 atom stereocenters. The monoisotopic (exact) mass is 199 g/mol. The van der Waals surface area contributed by atoms with Crippen molar-refractivity contribution in [2.75, 3.05) is 0 Å². The minimum absolute atomic E-state index is 0.577. The fourth-order valence-corrected chi connectivity index (χ4v) is 1.35. The lowest BCUT2D eigenvalue weighted by Gasteiger charge is -2.01. The molecule has 0 aliphatic heterocycles. The van der Waals surface area contributed by atoms with Crippen LogP contribution in [0, 0.1) is 11.3 Å². The normalized spacial score (nSPS) is 9.87. The summed E-state index contributed by atoms with van der Waals surface area (Å²) >= 11 is 0. The highest BCUT2D eigenvalue weighted by atomic mass is 15.5. The number of tetrazole rings is 1. The second-order valence-electron chi connectivity index (χ2n) is 3.16. The zero-order chi connectivity index (χ0) is 10.7. The Balaban J connectivity index is 2.33. The minimum atomic E-state index is 0.577. The van der Waals surface area contributed by atoms with Crippen LogP contribution in [0.2, 0.25) is 0 Å². The van der Waals surface area contributed by atoms with E-state index in [2.05, 4.69) is 21.6 Å². The average molecular weight is 199 g/mol. The highest BCUT2D eigenvalue weighted by molar-refractivity contribution is 5.38. The molecule has 1 heterocycles. The van der Waals surface area contributed by atoms with Crippen molar-refractivity contribution in [3.8, 4) is 6.07 Å². The lowest BCUT2D eigenvalue weighted by molar-refractivity contribution is 0.686. The Morgan fingerprint density at radius 2 is 2.20 bits per heavy atom. The molecule has 74 valence electrons. The van der Waals surface area contributed by atoms with Gasteiger partial charge in [-0.3, -0.25) is 0 Å². The molecule has 0 aliphatic rings. The molecule has 0 amide bonds. The summed E-state index contributed by atoms with van der Waals surface area (Å²) in [5.41, 5.74) is 1.61. The van der Waals surface area contributed by atoms with Crippen molar-refractivity contribution in [2.24, 2.45) is 7.05 Å². The van der Waals surface area contributed by atoms with Crippen LogP contribution in [0.3, 0.4) is 0 Å². The van der Waals surface area contributed by atoms with Gasteiger partial charge in [0, 0.05) is 13.5 Å². The van der Waals surface area contributed by atoms with Gasteiger partial charge in [0.25, 0.3) is 0 Å². The van der Waals surface area contributed by atoms with E-state index in [1.54, 1.807) is 17.8 Å². The maximum absolute atomic E-state index is 8.91. The first-order chi connectivity index (χ1) is 7.31. The number of aromatic nitrogens is 4.